The summed E-state index contributed by atoms with van der Waals surface area (Å²) in [4.78, 5) is 15.3. The minimum Gasteiger partial charge on any atom is -0.349 e. The van der Waals surface area contributed by atoms with E-state index in [2.05, 4.69) is 27.1 Å². The van der Waals surface area contributed by atoms with Gasteiger partial charge in [-0.2, -0.15) is 0 Å². The van der Waals surface area contributed by atoms with Crippen LogP contribution in [0.15, 0.2) is 77.7 Å². The van der Waals surface area contributed by atoms with Crippen molar-refractivity contribution in [3.63, 3.8) is 0 Å². The Morgan fingerprint density at radius 3 is 2.38 bits per heavy atom. The van der Waals surface area contributed by atoms with Gasteiger partial charge in [0, 0.05) is 31.2 Å². The standard InChI is InChI=1S/C26H28FN3O3S/c1-19-11-12-22(34(32,33)29-25-10-6-5-9-24(25)27)17-23(19)26(31)28-21-13-15-30(16-14-21)18-20-7-3-2-4-8-20/h2-12,17,21,29H,13-16,18H2,1H3,(H,28,31). The third kappa shape index (κ3) is 5.81. The zero-order valence-electron chi connectivity index (χ0n) is 19.0. The van der Waals surface area contributed by atoms with Crippen LogP contribution in [0.3, 0.4) is 0 Å². The van der Waals surface area contributed by atoms with Crippen LogP contribution >= 0.6 is 0 Å². The Morgan fingerprint density at radius 1 is 1.00 bits per heavy atom. The monoisotopic (exact) mass is 481 g/mol. The second-order valence-electron chi connectivity index (χ2n) is 8.57. The van der Waals surface area contributed by atoms with Gasteiger partial charge in [-0.3, -0.25) is 14.4 Å². The largest absolute Gasteiger partial charge is 0.349 e. The molecule has 4 rings (SSSR count). The molecule has 0 atom stereocenters. The van der Waals surface area contributed by atoms with Crippen LogP contribution in [-0.2, 0) is 16.6 Å². The highest BCUT2D eigenvalue weighted by Gasteiger charge is 2.24. The number of sulfonamides is 1. The van der Waals surface area contributed by atoms with Gasteiger partial charge in [-0.1, -0.05) is 48.5 Å². The second-order valence-corrected chi connectivity index (χ2v) is 10.3. The smallest absolute Gasteiger partial charge is 0.262 e. The summed E-state index contributed by atoms with van der Waals surface area (Å²) in [6.07, 6.45) is 1.65. The molecule has 1 aliphatic heterocycles. The minimum absolute atomic E-state index is 0.0238. The molecule has 0 radical (unpaired) electrons. The van der Waals surface area contributed by atoms with Gasteiger partial charge in [-0.05, 0) is 55.2 Å². The zero-order valence-corrected chi connectivity index (χ0v) is 19.8. The number of benzene rings is 3. The predicted octanol–water partition coefficient (Wildman–Crippen LogP) is 4.33. The van der Waals surface area contributed by atoms with Gasteiger partial charge < -0.3 is 5.32 Å². The number of piperidine rings is 1. The minimum atomic E-state index is -4.06. The Morgan fingerprint density at radius 2 is 1.68 bits per heavy atom. The Kier molecular flexibility index (Phi) is 7.29. The number of likely N-dealkylation sites (tertiary alicyclic amines) is 1. The quantitative estimate of drug-likeness (QED) is 0.527. The van der Waals surface area contributed by atoms with Crippen LogP contribution in [0.25, 0.3) is 0 Å². The third-order valence-electron chi connectivity index (χ3n) is 6.05. The molecule has 0 bridgehead atoms. The van der Waals surface area contributed by atoms with Crippen LogP contribution in [-0.4, -0.2) is 38.4 Å². The van der Waals surface area contributed by atoms with E-state index in [1.54, 1.807) is 19.1 Å². The van der Waals surface area contributed by atoms with Crippen LogP contribution in [0.2, 0.25) is 0 Å². The van der Waals surface area contributed by atoms with E-state index in [0.29, 0.717) is 11.1 Å². The normalized spacial score (nSPS) is 15.1. The summed E-state index contributed by atoms with van der Waals surface area (Å²) in [6, 6.07) is 20.2. The van der Waals surface area contributed by atoms with Gasteiger partial charge in [0.25, 0.3) is 15.9 Å². The molecule has 0 aromatic heterocycles. The highest BCUT2D eigenvalue weighted by molar-refractivity contribution is 7.92. The van der Waals surface area contributed by atoms with Crippen molar-refractivity contribution >= 4 is 21.6 Å². The van der Waals surface area contributed by atoms with E-state index in [0.717, 1.165) is 32.5 Å². The van der Waals surface area contributed by atoms with Crippen molar-refractivity contribution in [2.24, 2.45) is 0 Å². The molecule has 8 heteroatoms. The van der Waals surface area contributed by atoms with E-state index in [1.807, 2.05) is 18.2 Å². The number of carbonyl (C=O) groups excluding carboxylic acids is 1. The number of rotatable bonds is 7. The molecular formula is C26H28FN3O3S. The van der Waals surface area contributed by atoms with Crippen LogP contribution in [0.1, 0.15) is 34.3 Å². The lowest BCUT2D eigenvalue weighted by atomic mass is 10.0. The Labute approximate surface area is 199 Å². The highest BCUT2D eigenvalue weighted by atomic mass is 32.2. The fraction of sp³-hybridized carbons (Fsp3) is 0.269. The van der Waals surface area contributed by atoms with Crippen molar-refractivity contribution < 1.29 is 17.6 Å². The molecule has 0 unspecified atom stereocenters. The van der Waals surface area contributed by atoms with E-state index in [1.165, 1.54) is 35.9 Å². The number of para-hydroxylation sites is 1. The molecule has 1 heterocycles. The fourth-order valence-corrected chi connectivity index (χ4v) is 5.19. The van der Waals surface area contributed by atoms with Gasteiger partial charge in [0.1, 0.15) is 5.82 Å². The molecule has 1 saturated heterocycles. The summed E-state index contributed by atoms with van der Waals surface area (Å²) < 4.78 is 41.8. The van der Waals surface area contributed by atoms with E-state index in [-0.39, 0.29) is 22.5 Å². The first-order valence-electron chi connectivity index (χ1n) is 11.3. The molecule has 1 amide bonds. The van der Waals surface area contributed by atoms with Gasteiger partial charge >= 0.3 is 0 Å². The predicted molar refractivity (Wildman–Crippen MR) is 131 cm³/mol. The molecule has 2 N–H and O–H groups in total. The molecule has 1 aliphatic rings. The Balaban J connectivity index is 1.40. The number of hydrogen-bond acceptors (Lipinski definition) is 4. The molecule has 6 nitrogen and oxygen atoms in total. The Hall–Kier alpha value is -3.23. The van der Waals surface area contributed by atoms with E-state index < -0.39 is 15.8 Å². The number of halogens is 1. The summed E-state index contributed by atoms with van der Waals surface area (Å²) in [5.74, 6) is -0.975. The van der Waals surface area contributed by atoms with Gasteiger partial charge in [-0.25, -0.2) is 12.8 Å². The zero-order chi connectivity index (χ0) is 24.1. The topological polar surface area (TPSA) is 78.5 Å². The number of aryl methyl sites for hydroxylation is 1. The summed E-state index contributed by atoms with van der Waals surface area (Å²) in [7, 11) is -4.06. The summed E-state index contributed by atoms with van der Waals surface area (Å²) in [5.41, 5.74) is 2.09. The summed E-state index contributed by atoms with van der Waals surface area (Å²) in [6.45, 7) is 4.40. The maximum Gasteiger partial charge on any atom is 0.262 e. The molecule has 0 spiro atoms. The van der Waals surface area contributed by atoms with Crippen molar-refractivity contribution in [3.05, 3.63) is 95.3 Å². The molecule has 3 aromatic rings. The first kappa shape index (κ1) is 23.9. The van der Waals surface area contributed by atoms with Gasteiger partial charge in [0.2, 0.25) is 0 Å². The third-order valence-corrected chi connectivity index (χ3v) is 7.42. The fourth-order valence-electron chi connectivity index (χ4n) is 4.10. The van der Waals surface area contributed by atoms with Crippen molar-refractivity contribution in [1.29, 1.82) is 0 Å². The highest BCUT2D eigenvalue weighted by Crippen LogP contribution is 2.22. The molecule has 0 saturated carbocycles. The maximum absolute atomic E-state index is 13.9. The van der Waals surface area contributed by atoms with Crippen LogP contribution in [0, 0.1) is 12.7 Å². The lowest BCUT2D eigenvalue weighted by Crippen LogP contribution is -2.44. The molecular weight excluding hydrogens is 453 g/mol. The van der Waals surface area contributed by atoms with Crippen LogP contribution in [0.4, 0.5) is 10.1 Å². The first-order valence-corrected chi connectivity index (χ1v) is 12.8. The molecule has 1 fully saturated rings. The lowest BCUT2D eigenvalue weighted by molar-refractivity contribution is 0.0908. The van der Waals surface area contributed by atoms with E-state index in [9.17, 15) is 17.6 Å². The number of anilines is 1. The van der Waals surface area contributed by atoms with Crippen LogP contribution in [0.5, 0.6) is 0 Å². The van der Waals surface area contributed by atoms with Crippen molar-refractivity contribution in [3.8, 4) is 0 Å². The van der Waals surface area contributed by atoms with Crippen LogP contribution < -0.4 is 10.0 Å². The van der Waals surface area contributed by atoms with Crippen molar-refractivity contribution in [2.75, 3.05) is 17.8 Å². The number of nitrogens with one attached hydrogen (secondary N) is 2. The molecule has 3 aromatic carbocycles. The average molecular weight is 482 g/mol. The SMILES string of the molecule is Cc1ccc(S(=O)(=O)Nc2ccccc2F)cc1C(=O)NC1CCN(Cc2ccccc2)CC1. The molecule has 0 aliphatic carbocycles. The van der Waals surface area contributed by atoms with Gasteiger partial charge in [-0.15, -0.1) is 0 Å². The second kappa shape index (κ2) is 10.4. The number of hydrogen-bond donors (Lipinski definition) is 2. The lowest BCUT2D eigenvalue weighted by Gasteiger charge is -2.32. The summed E-state index contributed by atoms with van der Waals surface area (Å²) >= 11 is 0. The number of carbonyl (C=O) groups is 1. The molecule has 178 valence electrons. The van der Waals surface area contributed by atoms with E-state index in [4.69, 9.17) is 0 Å². The van der Waals surface area contributed by atoms with Crippen molar-refractivity contribution in [1.82, 2.24) is 10.2 Å². The van der Waals surface area contributed by atoms with Gasteiger partial charge in [0.15, 0.2) is 0 Å². The van der Waals surface area contributed by atoms with E-state index >= 15 is 0 Å². The number of amides is 1. The Bertz CT molecular complexity index is 1260. The molecule has 34 heavy (non-hydrogen) atoms. The number of nitrogens with zero attached hydrogens (tertiary/aromatic N) is 1. The maximum atomic E-state index is 13.9. The van der Waals surface area contributed by atoms with Crippen molar-refractivity contribution in [2.45, 2.75) is 37.2 Å². The first-order chi connectivity index (χ1) is 16.3. The average Bonchev–Trinajstić information content (AvgIpc) is 2.82. The summed E-state index contributed by atoms with van der Waals surface area (Å²) in [5, 5.41) is 3.06. The van der Waals surface area contributed by atoms with Gasteiger partial charge in [0.05, 0.1) is 10.6 Å².